The number of hydrogen-bond donors (Lipinski definition) is 2. The third kappa shape index (κ3) is 1.94. The second-order valence-electron chi connectivity index (χ2n) is 3.17. The third-order valence-electron chi connectivity index (χ3n) is 2.03. The number of aromatic hydroxyl groups is 1. The van der Waals surface area contributed by atoms with Gasteiger partial charge in [0.2, 0.25) is 5.76 Å². The Kier molecular flexibility index (Phi) is 2.51. The molecule has 17 heavy (non-hydrogen) atoms. The highest BCUT2D eigenvalue weighted by atomic mass is 19.1. The van der Waals surface area contributed by atoms with E-state index >= 15 is 0 Å². The Balaban J connectivity index is 2.49. The van der Waals surface area contributed by atoms with Crippen molar-refractivity contribution in [1.29, 1.82) is 0 Å². The summed E-state index contributed by atoms with van der Waals surface area (Å²) in [5, 5.41) is 20.8. The van der Waals surface area contributed by atoms with Crippen molar-refractivity contribution in [2.75, 3.05) is 0 Å². The van der Waals surface area contributed by atoms with Crippen LogP contribution in [-0.2, 0) is 0 Å². The fourth-order valence-corrected chi connectivity index (χ4v) is 1.23. The minimum atomic E-state index is -1.34. The molecule has 2 N–H and O–H groups in total. The van der Waals surface area contributed by atoms with E-state index in [1.54, 1.807) is 0 Å². The predicted molar refractivity (Wildman–Crippen MR) is 50.5 cm³/mol. The van der Waals surface area contributed by atoms with Crippen molar-refractivity contribution in [2.24, 2.45) is 0 Å². The number of carbonyl (C=O) groups is 1. The number of aromatic carboxylic acids is 1. The van der Waals surface area contributed by atoms with Crippen LogP contribution >= 0.6 is 0 Å². The molecule has 2 rings (SSSR count). The fraction of sp³-hybridized carbons (Fsp3) is 0. The van der Waals surface area contributed by atoms with E-state index in [-0.39, 0.29) is 11.3 Å². The zero-order valence-corrected chi connectivity index (χ0v) is 8.15. The average Bonchev–Trinajstić information content (AvgIpc) is 2.74. The summed E-state index contributed by atoms with van der Waals surface area (Å²) in [6.07, 6.45) is 0. The van der Waals surface area contributed by atoms with E-state index in [0.29, 0.717) is 0 Å². The summed E-state index contributed by atoms with van der Waals surface area (Å²) in [5.41, 5.74) is -0.0748. The Hall–Kier alpha value is -2.44. The number of hydrogen-bond acceptors (Lipinski definition) is 4. The van der Waals surface area contributed by atoms with Crippen LogP contribution in [0.15, 0.2) is 22.7 Å². The van der Waals surface area contributed by atoms with Gasteiger partial charge in [0, 0.05) is 11.6 Å². The molecule has 0 saturated carbocycles. The quantitative estimate of drug-likeness (QED) is 0.840. The average molecular weight is 241 g/mol. The van der Waals surface area contributed by atoms with Crippen molar-refractivity contribution in [3.8, 4) is 17.0 Å². The molecular formula is C10H5F2NO4. The number of aromatic nitrogens is 1. The lowest BCUT2D eigenvalue weighted by Gasteiger charge is -2.00. The minimum absolute atomic E-state index is 0.0333. The largest absolute Gasteiger partial charge is 0.503 e. The zero-order valence-electron chi connectivity index (χ0n) is 8.15. The van der Waals surface area contributed by atoms with Gasteiger partial charge >= 0.3 is 5.97 Å². The van der Waals surface area contributed by atoms with Gasteiger partial charge in [0.05, 0.1) is 0 Å². The second-order valence-corrected chi connectivity index (χ2v) is 3.17. The molecule has 5 nitrogen and oxygen atoms in total. The number of rotatable bonds is 2. The first kappa shape index (κ1) is 11.1. The Bertz CT molecular complexity index is 571. The number of benzene rings is 1. The smallest absolute Gasteiger partial charge is 0.374 e. The maximum atomic E-state index is 13.0. The van der Waals surface area contributed by atoms with Gasteiger partial charge in [-0.1, -0.05) is 5.16 Å². The van der Waals surface area contributed by atoms with E-state index < -0.39 is 29.1 Å². The van der Waals surface area contributed by atoms with Crippen molar-refractivity contribution in [3.05, 3.63) is 35.6 Å². The van der Waals surface area contributed by atoms with Gasteiger partial charge in [-0.25, -0.2) is 13.6 Å². The van der Waals surface area contributed by atoms with Crippen LogP contribution in [0.1, 0.15) is 10.6 Å². The van der Waals surface area contributed by atoms with Crippen molar-refractivity contribution in [2.45, 2.75) is 0 Å². The minimum Gasteiger partial charge on any atom is -0.503 e. The van der Waals surface area contributed by atoms with Crippen LogP contribution in [0.3, 0.4) is 0 Å². The molecular weight excluding hydrogens is 236 g/mol. The van der Waals surface area contributed by atoms with Crippen molar-refractivity contribution >= 4 is 5.97 Å². The molecule has 0 amide bonds. The second kappa shape index (κ2) is 3.85. The molecule has 0 spiro atoms. The van der Waals surface area contributed by atoms with Crippen LogP contribution in [0, 0.1) is 11.6 Å². The Morgan fingerprint density at radius 3 is 2.29 bits per heavy atom. The highest BCUT2D eigenvalue weighted by Crippen LogP contribution is 2.27. The molecule has 0 fully saturated rings. The maximum Gasteiger partial charge on any atom is 0.374 e. The number of carboxylic acid groups (broad SMARTS) is 1. The molecule has 0 atom stereocenters. The first-order chi connectivity index (χ1) is 7.99. The zero-order chi connectivity index (χ0) is 12.6. The summed E-state index contributed by atoms with van der Waals surface area (Å²) in [6, 6.07) is 2.66. The molecule has 7 heteroatoms. The van der Waals surface area contributed by atoms with Crippen LogP contribution in [-0.4, -0.2) is 21.3 Å². The Morgan fingerprint density at radius 1 is 1.24 bits per heavy atom. The first-order valence-electron chi connectivity index (χ1n) is 4.37. The SMILES string of the molecule is O=C(O)c1cc(-c2cc(F)c(O)c(F)c2)no1. The highest BCUT2D eigenvalue weighted by Gasteiger charge is 2.16. The van der Waals surface area contributed by atoms with Crippen LogP contribution in [0.4, 0.5) is 8.78 Å². The molecule has 0 saturated heterocycles. The summed E-state index contributed by atoms with van der Waals surface area (Å²) in [4.78, 5) is 10.5. The molecule has 0 aliphatic heterocycles. The summed E-state index contributed by atoms with van der Waals surface area (Å²) in [5.74, 6) is -5.23. The summed E-state index contributed by atoms with van der Waals surface area (Å²) < 4.78 is 30.5. The van der Waals surface area contributed by atoms with Crippen molar-refractivity contribution in [3.63, 3.8) is 0 Å². The lowest BCUT2D eigenvalue weighted by atomic mass is 10.1. The van der Waals surface area contributed by atoms with Gasteiger partial charge in [-0.15, -0.1) is 0 Å². The van der Waals surface area contributed by atoms with E-state index in [1.165, 1.54) is 0 Å². The number of nitrogens with zero attached hydrogens (tertiary/aromatic N) is 1. The molecule has 0 bridgehead atoms. The van der Waals surface area contributed by atoms with Gasteiger partial charge in [0.25, 0.3) is 0 Å². The molecule has 2 aromatic rings. The van der Waals surface area contributed by atoms with Gasteiger partial charge in [-0.2, -0.15) is 0 Å². The number of carboxylic acids is 1. The summed E-state index contributed by atoms with van der Waals surface area (Å²) >= 11 is 0. The third-order valence-corrected chi connectivity index (χ3v) is 2.03. The molecule has 0 unspecified atom stereocenters. The van der Waals surface area contributed by atoms with Gasteiger partial charge < -0.3 is 14.7 Å². The van der Waals surface area contributed by atoms with Gasteiger partial charge in [0.1, 0.15) is 5.69 Å². The summed E-state index contributed by atoms with van der Waals surface area (Å²) in [6.45, 7) is 0. The monoisotopic (exact) mass is 241 g/mol. The molecule has 1 heterocycles. The lowest BCUT2D eigenvalue weighted by Crippen LogP contribution is -1.91. The summed E-state index contributed by atoms with van der Waals surface area (Å²) in [7, 11) is 0. The fourth-order valence-electron chi connectivity index (χ4n) is 1.23. The molecule has 1 aromatic heterocycles. The number of phenols is 1. The topological polar surface area (TPSA) is 83.6 Å². The van der Waals surface area contributed by atoms with Gasteiger partial charge in [-0.3, -0.25) is 0 Å². The molecule has 0 aliphatic rings. The van der Waals surface area contributed by atoms with E-state index in [1.807, 2.05) is 0 Å². The van der Waals surface area contributed by atoms with E-state index in [2.05, 4.69) is 9.68 Å². The predicted octanol–water partition coefficient (Wildman–Crippen LogP) is 2.02. The van der Waals surface area contributed by atoms with Crippen LogP contribution in [0.5, 0.6) is 5.75 Å². The molecule has 0 aliphatic carbocycles. The van der Waals surface area contributed by atoms with Crippen molar-refractivity contribution < 1.29 is 28.3 Å². The number of halogens is 2. The molecule has 0 radical (unpaired) electrons. The van der Waals surface area contributed by atoms with E-state index in [9.17, 15) is 13.6 Å². The Labute approximate surface area is 92.9 Å². The van der Waals surface area contributed by atoms with Gasteiger partial charge in [-0.05, 0) is 12.1 Å². The highest BCUT2D eigenvalue weighted by molar-refractivity contribution is 5.85. The maximum absolute atomic E-state index is 13.0. The molecule has 1 aromatic carbocycles. The van der Waals surface area contributed by atoms with Crippen molar-refractivity contribution in [1.82, 2.24) is 5.16 Å². The standard InChI is InChI=1S/C10H5F2NO4/c11-5-1-4(2-6(12)9(5)14)7-3-8(10(15)16)17-13-7/h1-3,14H,(H,15,16). The first-order valence-corrected chi connectivity index (χ1v) is 4.37. The normalized spacial score (nSPS) is 10.5. The van der Waals surface area contributed by atoms with E-state index in [4.69, 9.17) is 10.2 Å². The van der Waals surface area contributed by atoms with Gasteiger partial charge in [0.15, 0.2) is 17.4 Å². The lowest BCUT2D eigenvalue weighted by molar-refractivity contribution is 0.0652. The molecule has 88 valence electrons. The van der Waals surface area contributed by atoms with Crippen LogP contribution < -0.4 is 0 Å². The Morgan fingerprint density at radius 2 is 1.82 bits per heavy atom. The number of phenolic OH excluding ortho intramolecular Hbond substituents is 1. The van der Waals surface area contributed by atoms with Crippen LogP contribution in [0.2, 0.25) is 0 Å². The van der Waals surface area contributed by atoms with E-state index in [0.717, 1.165) is 18.2 Å². The van der Waals surface area contributed by atoms with Crippen LogP contribution in [0.25, 0.3) is 11.3 Å².